The van der Waals surface area contributed by atoms with Crippen molar-refractivity contribution in [2.45, 2.75) is 82.6 Å². The molecule has 0 radical (unpaired) electrons. The van der Waals surface area contributed by atoms with Crippen molar-refractivity contribution in [3.63, 3.8) is 0 Å². The molecular weight excluding hydrogens is 559 g/mol. The van der Waals surface area contributed by atoms with Crippen molar-refractivity contribution in [2.75, 3.05) is 25.0 Å². The number of alkyl halides is 1. The first-order chi connectivity index (χ1) is 20.5. The van der Waals surface area contributed by atoms with Gasteiger partial charge in [0, 0.05) is 31.7 Å². The Labute approximate surface area is 249 Å². The fourth-order valence-electron chi connectivity index (χ4n) is 7.61. The molecule has 6 rings (SSSR count). The summed E-state index contributed by atoms with van der Waals surface area (Å²) >= 11 is 0. The molecule has 5 aliphatic rings. The van der Waals surface area contributed by atoms with E-state index in [0.717, 1.165) is 12.8 Å². The molecule has 13 heteroatoms. The molecule has 2 heterocycles. The predicted molar refractivity (Wildman–Crippen MR) is 154 cm³/mol. The summed E-state index contributed by atoms with van der Waals surface area (Å²) in [7, 11) is 0. The van der Waals surface area contributed by atoms with Crippen LogP contribution in [0.5, 0.6) is 0 Å². The smallest absolute Gasteiger partial charge is 0.287 e. The molecule has 12 nitrogen and oxygen atoms in total. The van der Waals surface area contributed by atoms with E-state index >= 15 is 4.39 Å². The number of ketones is 1. The predicted octanol–water partition coefficient (Wildman–Crippen LogP) is 0.400. The van der Waals surface area contributed by atoms with Crippen molar-refractivity contribution in [2.24, 2.45) is 23.7 Å². The molecule has 4 atom stereocenters. The number of hydrogen-bond donors (Lipinski definition) is 5. The zero-order chi connectivity index (χ0) is 30.7. The minimum Gasteiger partial charge on any atom is -0.351 e. The molecule has 4 amide bonds. The van der Waals surface area contributed by atoms with Crippen LogP contribution < -0.4 is 32.1 Å². The largest absolute Gasteiger partial charge is 0.351 e. The topological polar surface area (TPSA) is 168 Å². The highest BCUT2D eigenvalue weighted by Gasteiger charge is 2.56. The highest BCUT2D eigenvalue weighted by atomic mass is 19.1. The average Bonchev–Trinajstić information content (AvgIpc) is 3.49. The Hall–Kier alpha value is -3.61. The Bertz CT molecular complexity index is 1310. The van der Waals surface area contributed by atoms with Crippen LogP contribution in [0.25, 0.3) is 0 Å². The molecule has 1 aromatic rings. The van der Waals surface area contributed by atoms with Gasteiger partial charge >= 0.3 is 0 Å². The van der Waals surface area contributed by atoms with E-state index in [9.17, 15) is 28.8 Å². The first-order valence-electron chi connectivity index (χ1n) is 15.4. The number of nitrogens with one attached hydrogen (secondary N) is 5. The van der Waals surface area contributed by atoms with E-state index in [4.69, 9.17) is 0 Å². The molecule has 4 saturated carbocycles. The summed E-state index contributed by atoms with van der Waals surface area (Å²) < 4.78 is 16.2. The van der Waals surface area contributed by atoms with Gasteiger partial charge in [-0.3, -0.25) is 28.8 Å². The molecule has 2 unspecified atom stereocenters. The second-order valence-electron chi connectivity index (χ2n) is 12.6. The Morgan fingerprint density at radius 2 is 1.88 bits per heavy atom. The minimum atomic E-state index is -1.17. The second kappa shape index (κ2) is 12.9. The van der Waals surface area contributed by atoms with Gasteiger partial charge in [0.2, 0.25) is 23.5 Å². The van der Waals surface area contributed by atoms with Crippen LogP contribution in [0.3, 0.4) is 0 Å². The lowest BCUT2D eigenvalue weighted by atomic mass is 9.53. The summed E-state index contributed by atoms with van der Waals surface area (Å²) in [5, 5.41) is 13.8. The van der Waals surface area contributed by atoms with E-state index in [2.05, 4.69) is 26.6 Å². The monoisotopic (exact) mass is 600 g/mol. The van der Waals surface area contributed by atoms with Gasteiger partial charge in [-0.2, -0.15) is 0 Å². The third-order valence-electron chi connectivity index (χ3n) is 9.43. The first kappa shape index (κ1) is 30.8. The van der Waals surface area contributed by atoms with Gasteiger partial charge in [0.25, 0.3) is 11.5 Å². The highest BCUT2D eigenvalue weighted by molar-refractivity contribution is 6.36. The van der Waals surface area contributed by atoms with E-state index in [1.807, 2.05) is 0 Å². The molecule has 5 fully saturated rings. The summed E-state index contributed by atoms with van der Waals surface area (Å²) in [6.45, 7) is 2.82. The SMILES string of the molecule is CCNC(=O)C(=O)CC[C@H](NC(=O)[C@H]1CCNC1)C(=O)Nc1cccn(CC(=O)NC2C3CC4CC2CC(F)(C4)C3)c1=O. The Balaban J connectivity index is 1.22. The van der Waals surface area contributed by atoms with Gasteiger partial charge in [0.1, 0.15) is 23.9 Å². The van der Waals surface area contributed by atoms with Crippen molar-refractivity contribution in [3.8, 4) is 0 Å². The molecule has 1 aromatic heterocycles. The maximum atomic E-state index is 15.0. The summed E-state index contributed by atoms with van der Waals surface area (Å²) in [4.78, 5) is 76.4. The average molecular weight is 601 g/mol. The number of nitrogens with zero attached hydrogens (tertiary/aromatic N) is 1. The van der Waals surface area contributed by atoms with Gasteiger partial charge in [0.05, 0.1) is 5.92 Å². The quantitative estimate of drug-likeness (QED) is 0.217. The molecular formula is C30H41FN6O6. The van der Waals surface area contributed by atoms with E-state index in [-0.39, 0.29) is 67.2 Å². The third-order valence-corrected chi connectivity index (χ3v) is 9.43. The highest BCUT2D eigenvalue weighted by Crippen LogP contribution is 2.57. The molecule has 4 bridgehead atoms. The van der Waals surface area contributed by atoms with Crippen molar-refractivity contribution in [1.29, 1.82) is 0 Å². The number of rotatable bonds is 12. The minimum absolute atomic E-state index is 0.0915. The summed E-state index contributed by atoms with van der Waals surface area (Å²) in [5.74, 6) is -2.66. The van der Waals surface area contributed by atoms with E-state index in [0.29, 0.717) is 44.7 Å². The van der Waals surface area contributed by atoms with Gasteiger partial charge in [-0.05, 0) is 88.3 Å². The molecule has 5 N–H and O–H groups in total. The second-order valence-corrected chi connectivity index (χ2v) is 12.6. The number of aromatic nitrogens is 1. The van der Waals surface area contributed by atoms with E-state index in [1.165, 1.54) is 22.9 Å². The normalized spacial score (nSPS) is 29.5. The standard InChI is InChI=1S/C30H41FN6O6/c1-2-33-28(42)23(38)6-5-21(34-26(40)18-7-8-32-15-18)27(41)35-22-4-3-9-37(29(22)43)16-24(39)36-25-19-10-17-11-20(25)14-30(31,12-17)13-19/h3-4,9,17-21,25,32H,2,5-8,10-16H2,1H3,(H,33,42)(H,34,40)(H,35,41)(H,36,39)/t17?,18-,19?,20?,21-,25?,30?/m0/s1. The van der Waals surface area contributed by atoms with Crippen LogP contribution >= 0.6 is 0 Å². The van der Waals surface area contributed by atoms with E-state index in [1.54, 1.807) is 6.92 Å². The zero-order valence-electron chi connectivity index (χ0n) is 24.5. The number of anilines is 1. The van der Waals surface area contributed by atoms with Crippen molar-refractivity contribution >= 4 is 35.1 Å². The van der Waals surface area contributed by atoms with Gasteiger partial charge in [-0.15, -0.1) is 0 Å². The number of Topliss-reactive ketones (excluding diaryl/α,β-unsaturated/α-hetero) is 1. The van der Waals surface area contributed by atoms with Crippen molar-refractivity contribution in [3.05, 3.63) is 28.7 Å². The summed E-state index contributed by atoms with van der Waals surface area (Å²) in [5.41, 5.74) is -1.81. The maximum absolute atomic E-state index is 15.0. The molecule has 1 saturated heterocycles. The number of likely N-dealkylation sites (N-methyl/N-ethyl adjacent to an activating group) is 1. The number of pyridine rings is 1. The third kappa shape index (κ3) is 7.14. The molecule has 4 aliphatic carbocycles. The van der Waals surface area contributed by atoms with Gasteiger partial charge in [-0.1, -0.05) is 0 Å². The maximum Gasteiger partial charge on any atom is 0.287 e. The van der Waals surface area contributed by atoms with Crippen LogP contribution in [0.15, 0.2) is 23.1 Å². The Kier molecular flexibility index (Phi) is 9.28. The van der Waals surface area contributed by atoms with Crippen LogP contribution in [0.4, 0.5) is 10.1 Å². The molecule has 0 aromatic carbocycles. The van der Waals surface area contributed by atoms with Crippen LogP contribution in [0.2, 0.25) is 0 Å². The Morgan fingerprint density at radius 3 is 2.53 bits per heavy atom. The fraction of sp³-hybridized carbons (Fsp3) is 0.667. The number of halogens is 1. The van der Waals surface area contributed by atoms with Crippen LogP contribution in [0.1, 0.15) is 58.3 Å². The lowest BCUT2D eigenvalue weighted by molar-refractivity contribution is -0.138. The van der Waals surface area contributed by atoms with Gasteiger partial charge in [0.15, 0.2) is 0 Å². The molecule has 1 aliphatic heterocycles. The Morgan fingerprint density at radius 1 is 1.14 bits per heavy atom. The van der Waals surface area contributed by atoms with Crippen molar-refractivity contribution < 1.29 is 28.4 Å². The summed E-state index contributed by atoms with van der Waals surface area (Å²) in [6, 6.07) is 1.65. The summed E-state index contributed by atoms with van der Waals surface area (Å²) in [6.07, 6.45) is 5.02. The van der Waals surface area contributed by atoms with Gasteiger partial charge in [-0.25, -0.2) is 4.39 Å². The lowest BCUT2D eigenvalue weighted by Crippen LogP contribution is -2.60. The fourth-order valence-corrected chi connectivity index (χ4v) is 7.61. The van der Waals surface area contributed by atoms with Crippen LogP contribution in [-0.2, 0) is 30.5 Å². The number of amides is 4. The van der Waals surface area contributed by atoms with Crippen LogP contribution in [-0.4, -0.2) is 71.4 Å². The number of carbonyl (C=O) groups is 5. The van der Waals surface area contributed by atoms with E-state index < -0.39 is 34.9 Å². The number of hydrogen-bond acceptors (Lipinski definition) is 7. The zero-order valence-corrected chi connectivity index (χ0v) is 24.5. The van der Waals surface area contributed by atoms with Crippen molar-refractivity contribution in [1.82, 2.24) is 25.8 Å². The first-order valence-corrected chi connectivity index (χ1v) is 15.4. The lowest BCUT2D eigenvalue weighted by Gasteiger charge is -2.56. The number of carbonyl (C=O) groups excluding carboxylic acids is 5. The van der Waals surface area contributed by atoms with Gasteiger partial charge < -0.3 is 31.2 Å². The van der Waals surface area contributed by atoms with Crippen LogP contribution in [0, 0.1) is 23.7 Å². The molecule has 43 heavy (non-hydrogen) atoms. The molecule has 0 spiro atoms. The molecule has 234 valence electrons.